The SMILES string of the molecule is CCc1cc(F)cc(C)c1NC(Cc1ccc(-c2nc(CNc3ncc[nH]3)cs2)cc1)C(=O)O. The Bertz CT molecular complexity index is 1260. The van der Waals surface area contributed by atoms with Crippen molar-refractivity contribution >= 4 is 28.9 Å². The van der Waals surface area contributed by atoms with Gasteiger partial charge in [-0.3, -0.25) is 0 Å². The summed E-state index contributed by atoms with van der Waals surface area (Å²) in [6, 6.07) is 9.80. The van der Waals surface area contributed by atoms with Crippen molar-refractivity contribution in [2.75, 3.05) is 10.6 Å². The number of aryl methyl sites for hydroxylation is 2. The van der Waals surface area contributed by atoms with Crippen LogP contribution in [0.2, 0.25) is 0 Å². The number of hydrogen-bond donors (Lipinski definition) is 4. The molecule has 2 aromatic heterocycles. The van der Waals surface area contributed by atoms with Crippen molar-refractivity contribution in [3.63, 3.8) is 0 Å². The first kappa shape index (κ1) is 23.4. The maximum absolute atomic E-state index is 13.8. The molecule has 0 radical (unpaired) electrons. The number of carboxylic acids is 1. The first-order valence-corrected chi connectivity index (χ1v) is 11.9. The van der Waals surface area contributed by atoms with E-state index < -0.39 is 12.0 Å². The standard InChI is InChI=1S/C25H26FN5O2S/c1-3-17-12-19(26)10-15(2)22(17)31-21(24(32)33)11-16-4-6-18(7-5-16)23-30-20(14-34-23)13-29-25-27-8-9-28-25/h4-10,12,14,21,31H,3,11,13H2,1-2H3,(H,32,33)(H2,27,28,29). The van der Waals surface area contributed by atoms with Gasteiger partial charge in [-0.1, -0.05) is 31.2 Å². The summed E-state index contributed by atoms with van der Waals surface area (Å²) in [7, 11) is 0. The van der Waals surface area contributed by atoms with Crippen LogP contribution in [0.1, 0.15) is 29.3 Å². The Morgan fingerprint density at radius 3 is 2.74 bits per heavy atom. The van der Waals surface area contributed by atoms with Crippen LogP contribution in [-0.4, -0.2) is 32.1 Å². The van der Waals surface area contributed by atoms with E-state index in [1.807, 2.05) is 36.6 Å². The fraction of sp³-hybridized carbons (Fsp3) is 0.240. The number of halogens is 1. The van der Waals surface area contributed by atoms with Crippen LogP contribution in [0.15, 0.2) is 54.2 Å². The first-order chi connectivity index (χ1) is 16.4. The number of nitrogens with one attached hydrogen (secondary N) is 3. The minimum atomic E-state index is -0.955. The number of aromatic nitrogens is 3. The number of thiazole rings is 1. The number of imidazole rings is 1. The van der Waals surface area contributed by atoms with Crippen molar-refractivity contribution < 1.29 is 14.3 Å². The second kappa shape index (κ2) is 10.5. The van der Waals surface area contributed by atoms with E-state index >= 15 is 0 Å². The van der Waals surface area contributed by atoms with Crippen molar-refractivity contribution in [2.45, 2.75) is 39.3 Å². The van der Waals surface area contributed by atoms with Gasteiger partial charge < -0.3 is 20.7 Å². The third-order valence-corrected chi connectivity index (χ3v) is 6.45. The molecule has 1 unspecified atom stereocenters. The molecule has 176 valence electrons. The molecule has 0 aliphatic carbocycles. The number of aliphatic carboxylic acids is 1. The van der Waals surface area contributed by atoms with E-state index in [1.54, 1.807) is 30.7 Å². The third kappa shape index (κ3) is 5.60. The van der Waals surface area contributed by atoms with Gasteiger partial charge in [-0.2, -0.15) is 0 Å². The smallest absolute Gasteiger partial charge is 0.326 e. The van der Waals surface area contributed by atoms with Gasteiger partial charge in [-0.15, -0.1) is 11.3 Å². The molecule has 2 aromatic carbocycles. The number of rotatable bonds is 10. The topological polar surface area (TPSA) is 103 Å². The molecule has 0 saturated carbocycles. The van der Waals surface area contributed by atoms with E-state index in [0.29, 0.717) is 36.6 Å². The van der Waals surface area contributed by atoms with Crippen molar-refractivity contribution in [3.8, 4) is 10.6 Å². The number of benzene rings is 2. The van der Waals surface area contributed by atoms with Gasteiger partial charge in [0.1, 0.15) is 16.9 Å². The largest absolute Gasteiger partial charge is 0.480 e. The summed E-state index contributed by atoms with van der Waals surface area (Å²) in [5, 5.41) is 19.0. The van der Waals surface area contributed by atoms with E-state index in [1.165, 1.54) is 12.1 Å². The average molecular weight is 480 g/mol. The lowest BCUT2D eigenvalue weighted by atomic mass is 10.0. The maximum atomic E-state index is 13.8. The number of carbonyl (C=O) groups is 1. The van der Waals surface area contributed by atoms with Gasteiger partial charge >= 0.3 is 5.97 Å². The molecule has 0 aliphatic heterocycles. The van der Waals surface area contributed by atoms with Gasteiger partial charge in [0.2, 0.25) is 0 Å². The van der Waals surface area contributed by atoms with Crippen LogP contribution in [0, 0.1) is 12.7 Å². The van der Waals surface area contributed by atoms with Crippen molar-refractivity contribution in [1.82, 2.24) is 15.0 Å². The van der Waals surface area contributed by atoms with E-state index in [0.717, 1.165) is 27.4 Å². The third-order valence-electron chi connectivity index (χ3n) is 5.51. The molecule has 4 N–H and O–H groups in total. The second-order valence-corrected chi connectivity index (χ2v) is 8.84. The minimum Gasteiger partial charge on any atom is -0.480 e. The molecule has 0 aliphatic rings. The molecule has 4 aromatic rings. The van der Waals surface area contributed by atoms with Crippen LogP contribution < -0.4 is 10.6 Å². The molecule has 9 heteroatoms. The molecule has 0 saturated heterocycles. The monoisotopic (exact) mass is 479 g/mol. The molecule has 0 bridgehead atoms. The fourth-order valence-corrected chi connectivity index (χ4v) is 4.57. The molecule has 2 heterocycles. The van der Waals surface area contributed by atoms with E-state index in [2.05, 4.69) is 25.6 Å². The summed E-state index contributed by atoms with van der Waals surface area (Å²) in [5.74, 6) is -0.574. The normalized spacial score (nSPS) is 11.9. The number of hydrogen-bond acceptors (Lipinski definition) is 6. The zero-order chi connectivity index (χ0) is 24.1. The van der Waals surface area contributed by atoms with Crippen LogP contribution in [0.5, 0.6) is 0 Å². The molecule has 0 fully saturated rings. The Labute approximate surface area is 201 Å². The van der Waals surface area contributed by atoms with Crippen LogP contribution in [0.25, 0.3) is 10.6 Å². The Balaban J connectivity index is 1.43. The van der Waals surface area contributed by atoms with Gasteiger partial charge in [0.25, 0.3) is 0 Å². The van der Waals surface area contributed by atoms with Gasteiger partial charge in [0, 0.05) is 35.4 Å². The van der Waals surface area contributed by atoms with Gasteiger partial charge in [-0.25, -0.2) is 19.2 Å². The van der Waals surface area contributed by atoms with Crippen molar-refractivity contribution in [1.29, 1.82) is 0 Å². The van der Waals surface area contributed by atoms with E-state index in [9.17, 15) is 14.3 Å². The number of nitrogens with zero attached hydrogens (tertiary/aromatic N) is 2. The van der Waals surface area contributed by atoms with Crippen molar-refractivity contribution in [3.05, 3.63) is 82.4 Å². The summed E-state index contributed by atoms with van der Waals surface area (Å²) in [6.45, 7) is 4.27. The summed E-state index contributed by atoms with van der Waals surface area (Å²) >= 11 is 1.55. The van der Waals surface area contributed by atoms with E-state index in [4.69, 9.17) is 0 Å². The average Bonchev–Trinajstić information content (AvgIpc) is 3.51. The Hall–Kier alpha value is -3.72. The quantitative estimate of drug-likeness (QED) is 0.247. The lowest BCUT2D eigenvalue weighted by molar-refractivity contribution is -0.137. The molecule has 0 amide bonds. The summed E-state index contributed by atoms with van der Waals surface area (Å²) in [6.07, 6.45) is 4.34. The highest BCUT2D eigenvalue weighted by atomic mass is 32.1. The predicted octanol–water partition coefficient (Wildman–Crippen LogP) is 5.26. The Morgan fingerprint density at radius 1 is 1.26 bits per heavy atom. The highest BCUT2D eigenvalue weighted by Crippen LogP contribution is 2.27. The highest BCUT2D eigenvalue weighted by Gasteiger charge is 2.20. The molecule has 4 rings (SSSR count). The molecule has 34 heavy (non-hydrogen) atoms. The molecule has 0 spiro atoms. The van der Waals surface area contributed by atoms with Crippen molar-refractivity contribution in [2.24, 2.45) is 0 Å². The molecular formula is C25H26FN5O2S. The molecule has 1 atom stereocenters. The predicted molar refractivity (Wildman–Crippen MR) is 133 cm³/mol. The fourth-order valence-electron chi connectivity index (χ4n) is 3.75. The van der Waals surface area contributed by atoms with Gasteiger partial charge in [0.15, 0.2) is 5.95 Å². The van der Waals surface area contributed by atoms with Crippen LogP contribution in [-0.2, 0) is 24.2 Å². The zero-order valence-electron chi connectivity index (χ0n) is 18.9. The van der Waals surface area contributed by atoms with Crippen LogP contribution in [0.4, 0.5) is 16.0 Å². The van der Waals surface area contributed by atoms with Crippen LogP contribution in [0.3, 0.4) is 0 Å². The summed E-state index contributed by atoms with van der Waals surface area (Å²) in [4.78, 5) is 23.8. The highest BCUT2D eigenvalue weighted by molar-refractivity contribution is 7.13. The number of carboxylic acid groups (broad SMARTS) is 1. The number of anilines is 2. The number of H-pyrrole nitrogens is 1. The summed E-state index contributed by atoms with van der Waals surface area (Å²) < 4.78 is 13.8. The van der Waals surface area contributed by atoms with Gasteiger partial charge in [0.05, 0.1) is 12.2 Å². The number of aromatic amines is 1. The molecular weight excluding hydrogens is 453 g/mol. The van der Waals surface area contributed by atoms with Crippen LogP contribution >= 0.6 is 11.3 Å². The molecule has 7 nitrogen and oxygen atoms in total. The maximum Gasteiger partial charge on any atom is 0.326 e. The zero-order valence-corrected chi connectivity index (χ0v) is 19.7. The minimum absolute atomic E-state index is 0.297. The van der Waals surface area contributed by atoms with Gasteiger partial charge in [-0.05, 0) is 42.2 Å². The first-order valence-electron chi connectivity index (χ1n) is 11.0. The summed E-state index contributed by atoms with van der Waals surface area (Å²) in [5.41, 5.74) is 4.92. The Kier molecular flexibility index (Phi) is 7.22. The lowest BCUT2D eigenvalue weighted by Crippen LogP contribution is -2.32. The second-order valence-electron chi connectivity index (χ2n) is 7.98. The lowest BCUT2D eigenvalue weighted by Gasteiger charge is -2.20. The van der Waals surface area contributed by atoms with E-state index in [-0.39, 0.29) is 5.82 Å². The Morgan fingerprint density at radius 2 is 2.06 bits per heavy atom.